The van der Waals surface area contributed by atoms with E-state index in [9.17, 15) is 19.7 Å². The molecule has 230 valence electrons. The number of fused-ring (bicyclic) bond motifs is 1. The van der Waals surface area contributed by atoms with E-state index in [2.05, 4.69) is 29.5 Å². The van der Waals surface area contributed by atoms with Crippen molar-refractivity contribution in [3.8, 4) is 11.5 Å². The smallest absolute Gasteiger partial charge is 0.269 e. The molecule has 4 aromatic rings. The number of thiazole rings is 1. The van der Waals surface area contributed by atoms with Gasteiger partial charge in [0.2, 0.25) is 0 Å². The summed E-state index contributed by atoms with van der Waals surface area (Å²) in [6.07, 6.45) is 1.03. The summed E-state index contributed by atoms with van der Waals surface area (Å²) in [6, 6.07) is 19.1. The molecule has 0 saturated carbocycles. The van der Waals surface area contributed by atoms with Crippen LogP contribution < -0.4 is 20.1 Å². The van der Waals surface area contributed by atoms with Crippen LogP contribution in [-0.4, -0.2) is 28.7 Å². The molecule has 0 unspecified atom stereocenters. The number of nitrogens with one attached hydrogen (secondary N) is 2. The molecule has 6 rings (SSSR count). The summed E-state index contributed by atoms with van der Waals surface area (Å²) >= 11 is 1.39. The predicted octanol–water partition coefficient (Wildman–Crippen LogP) is 7.03. The summed E-state index contributed by atoms with van der Waals surface area (Å²) in [4.78, 5) is 43.0. The number of methoxy groups -OCH3 is 1. The number of hydrogen-bond acceptors (Lipinski definition) is 9. The number of dihydropyridines is 1. The lowest BCUT2D eigenvalue weighted by Gasteiger charge is -2.39. The standard InChI is InChI=1S/C34H32N4O6S/c1-19-29(32(40)37-33-36-24-7-5-6-8-28(24)45-33)30(31-25(35-19)16-34(2,3)17-26(31)39)20-9-14-27(43-4)21(15-20)18-44-23-12-10-22(11-13-23)38(41)42/h5-15,30,35H,16-18H2,1-4H3,(H,36,37,40)/t30-/m0/s1. The van der Waals surface area contributed by atoms with Gasteiger partial charge in [-0.15, -0.1) is 0 Å². The number of anilines is 1. The molecule has 0 spiro atoms. The number of hydrogen-bond donors (Lipinski definition) is 2. The minimum absolute atomic E-state index is 0.00367. The molecule has 1 aliphatic heterocycles. The minimum Gasteiger partial charge on any atom is -0.496 e. The number of nitro groups is 1. The normalized spacial score (nSPS) is 17.5. The number of para-hydroxylation sites is 1. The molecule has 10 nitrogen and oxygen atoms in total. The number of ether oxygens (including phenoxy) is 2. The summed E-state index contributed by atoms with van der Waals surface area (Å²) in [5.74, 6) is 0.0457. The van der Waals surface area contributed by atoms with Crippen molar-refractivity contribution in [1.82, 2.24) is 10.3 Å². The third-order valence-corrected chi connectivity index (χ3v) is 9.03. The molecule has 3 aromatic carbocycles. The highest BCUT2D eigenvalue weighted by Gasteiger charge is 2.43. The van der Waals surface area contributed by atoms with E-state index in [1.54, 1.807) is 7.11 Å². The minimum atomic E-state index is -0.636. The number of Topliss-reactive ketones (excluding diaryl/α,β-unsaturated/α-hetero) is 1. The zero-order valence-corrected chi connectivity index (χ0v) is 26.1. The molecule has 45 heavy (non-hydrogen) atoms. The van der Waals surface area contributed by atoms with E-state index in [-0.39, 0.29) is 29.4 Å². The molecule has 0 bridgehead atoms. The quantitative estimate of drug-likeness (QED) is 0.158. The molecule has 0 radical (unpaired) electrons. The second-order valence-electron chi connectivity index (χ2n) is 12.0. The van der Waals surface area contributed by atoms with Gasteiger partial charge in [0.05, 0.1) is 22.2 Å². The van der Waals surface area contributed by atoms with Gasteiger partial charge >= 0.3 is 0 Å². The van der Waals surface area contributed by atoms with Crippen molar-refractivity contribution < 1.29 is 24.0 Å². The van der Waals surface area contributed by atoms with Gasteiger partial charge in [0.15, 0.2) is 10.9 Å². The average molecular weight is 625 g/mol. The maximum absolute atomic E-state index is 14.1. The Morgan fingerprint density at radius 1 is 1.13 bits per heavy atom. The van der Waals surface area contributed by atoms with Crippen LogP contribution in [0.5, 0.6) is 11.5 Å². The fraction of sp³-hybridized carbons (Fsp3) is 0.265. The molecule has 2 heterocycles. The highest BCUT2D eigenvalue weighted by Crippen LogP contribution is 2.47. The number of non-ortho nitro benzene ring substituents is 1. The van der Waals surface area contributed by atoms with E-state index < -0.39 is 10.8 Å². The van der Waals surface area contributed by atoms with Gasteiger partial charge in [-0.05, 0) is 60.7 Å². The summed E-state index contributed by atoms with van der Waals surface area (Å²) in [5.41, 5.74) is 4.50. The molecule has 1 amide bonds. The Balaban J connectivity index is 1.38. The first-order valence-corrected chi connectivity index (χ1v) is 15.3. The number of allylic oxidation sites excluding steroid dienone is 3. The van der Waals surface area contributed by atoms with Gasteiger partial charge in [0.25, 0.3) is 11.6 Å². The monoisotopic (exact) mass is 624 g/mol. The Morgan fingerprint density at radius 3 is 2.60 bits per heavy atom. The van der Waals surface area contributed by atoms with E-state index >= 15 is 0 Å². The average Bonchev–Trinajstić information content (AvgIpc) is 3.41. The van der Waals surface area contributed by atoms with Crippen LogP contribution >= 0.6 is 11.3 Å². The number of aromatic nitrogens is 1. The number of ketones is 1. The fourth-order valence-corrected chi connectivity index (χ4v) is 6.94. The number of carbonyl (C=O) groups is 2. The lowest BCUT2D eigenvalue weighted by molar-refractivity contribution is -0.384. The number of nitrogens with zero attached hydrogens (tertiary/aromatic N) is 2. The molecule has 1 aromatic heterocycles. The van der Waals surface area contributed by atoms with E-state index in [0.717, 1.165) is 21.5 Å². The van der Waals surface area contributed by atoms with Gasteiger partial charge in [-0.25, -0.2) is 4.98 Å². The van der Waals surface area contributed by atoms with Crippen molar-refractivity contribution in [2.24, 2.45) is 5.41 Å². The molecular formula is C34H32N4O6S. The van der Waals surface area contributed by atoms with Crippen LogP contribution in [0.2, 0.25) is 0 Å². The molecule has 0 fully saturated rings. The second-order valence-corrected chi connectivity index (χ2v) is 13.0. The summed E-state index contributed by atoms with van der Waals surface area (Å²) in [5, 5.41) is 17.9. The number of nitro benzene ring substituents is 1. The zero-order chi connectivity index (χ0) is 31.9. The van der Waals surface area contributed by atoms with E-state index in [4.69, 9.17) is 9.47 Å². The Hall–Kier alpha value is -5.03. The van der Waals surface area contributed by atoms with E-state index in [1.165, 1.54) is 35.6 Å². The highest BCUT2D eigenvalue weighted by molar-refractivity contribution is 7.22. The van der Waals surface area contributed by atoms with Gasteiger partial charge in [-0.1, -0.05) is 43.4 Å². The van der Waals surface area contributed by atoms with Gasteiger partial charge in [0, 0.05) is 52.6 Å². The Bertz CT molecular complexity index is 1870. The third-order valence-electron chi connectivity index (χ3n) is 8.08. The maximum Gasteiger partial charge on any atom is 0.269 e. The molecular weight excluding hydrogens is 592 g/mol. The largest absolute Gasteiger partial charge is 0.496 e. The summed E-state index contributed by atoms with van der Waals surface area (Å²) < 4.78 is 12.6. The summed E-state index contributed by atoms with van der Waals surface area (Å²) in [7, 11) is 1.56. The number of amides is 1. The van der Waals surface area contributed by atoms with Crippen molar-refractivity contribution in [3.63, 3.8) is 0 Å². The van der Waals surface area contributed by atoms with Gasteiger partial charge in [0.1, 0.15) is 18.1 Å². The van der Waals surface area contributed by atoms with Crippen molar-refractivity contribution in [3.05, 3.63) is 111 Å². The first kappa shape index (κ1) is 30.0. The van der Waals surface area contributed by atoms with Crippen LogP contribution in [0.4, 0.5) is 10.8 Å². The SMILES string of the molecule is COc1ccc([C@H]2C(C(=O)Nc3nc4ccccc4s3)=C(C)NC3=C2C(=O)CC(C)(C)C3)cc1COc1ccc([N+](=O)[O-])cc1. The van der Waals surface area contributed by atoms with Crippen LogP contribution in [0.15, 0.2) is 89.3 Å². The number of rotatable bonds is 8. The van der Waals surface area contributed by atoms with Crippen LogP contribution in [0.1, 0.15) is 50.7 Å². The van der Waals surface area contributed by atoms with Gasteiger partial charge in [-0.2, -0.15) is 0 Å². The van der Waals surface area contributed by atoms with Crippen molar-refractivity contribution in [1.29, 1.82) is 0 Å². The Labute approximate surface area is 263 Å². The second kappa shape index (κ2) is 11.8. The topological polar surface area (TPSA) is 133 Å². The zero-order valence-electron chi connectivity index (χ0n) is 25.3. The lowest BCUT2D eigenvalue weighted by Crippen LogP contribution is -2.39. The highest BCUT2D eigenvalue weighted by atomic mass is 32.1. The van der Waals surface area contributed by atoms with Crippen molar-refractivity contribution >= 4 is 44.1 Å². The Kier molecular flexibility index (Phi) is 7.88. The number of carbonyl (C=O) groups excluding carboxylic acids is 2. The molecule has 11 heteroatoms. The third kappa shape index (κ3) is 6.03. The Morgan fingerprint density at radius 2 is 1.89 bits per heavy atom. The summed E-state index contributed by atoms with van der Waals surface area (Å²) in [6.45, 7) is 6.10. The van der Waals surface area contributed by atoms with Crippen molar-refractivity contribution in [2.45, 2.75) is 46.1 Å². The molecule has 1 aliphatic carbocycles. The fourth-order valence-electron chi connectivity index (χ4n) is 6.08. The van der Waals surface area contributed by atoms with Crippen LogP contribution in [0.25, 0.3) is 10.2 Å². The van der Waals surface area contributed by atoms with E-state index in [0.29, 0.717) is 51.9 Å². The predicted molar refractivity (Wildman–Crippen MR) is 172 cm³/mol. The van der Waals surface area contributed by atoms with Gasteiger partial charge < -0.3 is 14.8 Å². The molecule has 2 aliphatic rings. The first-order valence-electron chi connectivity index (χ1n) is 14.5. The van der Waals surface area contributed by atoms with Crippen LogP contribution in [0, 0.1) is 15.5 Å². The lowest BCUT2D eigenvalue weighted by atomic mass is 9.68. The molecule has 2 N–H and O–H groups in total. The van der Waals surface area contributed by atoms with Crippen molar-refractivity contribution in [2.75, 3.05) is 12.4 Å². The molecule has 0 saturated heterocycles. The maximum atomic E-state index is 14.1. The number of benzene rings is 3. The van der Waals surface area contributed by atoms with Crippen LogP contribution in [-0.2, 0) is 16.2 Å². The molecule has 1 atom stereocenters. The van der Waals surface area contributed by atoms with Gasteiger partial charge in [-0.3, -0.25) is 25.0 Å². The first-order chi connectivity index (χ1) is 21.5. The van der Waals surface area contributed by atoms with Crippen LogP contribution in [0.3, 0.4) is 0 Å². The van der Waals surface area contributed by atoms with E-state index in [1.807, 2.05) is 49.4 Å².